The Labute approximate surface area is 151 Å². The normalized spacial score (nSPS) is 11.0. The molecule has 0 fully saturated rings. The lowest BCUT2D eigenvalue weighted by molar-refractivity contribution is 0.0944. The first-order valence-corrected chi connectivity index (χ1v) is 8.80. The highest BCUT2D eigenvalue weighted by Gasteiger charge is 2.16. The molecule has 0 aliphatic carbocycles. The minimum Gasteiger partial charge on any atom is -0.350 e. The van der Waals surface area contributed by atoms with E-state index in [2.05, 4.69) is 15.5 Å². The Kier molecular flexibility index (Phi) is 5.16. The molecular weight excluding hydrogens is 330 g/mol. The van der Waals surface area contributed by atoms with Crippen molar-refractivity contribution in [2.24, 2.45) is 0 Å². The summed E-state index contributed by atoms with van der Waals surface area (Å²) >= 11 is 0. The summed E-state index contributed by atoms with van der Waals surface area (Å²) in [7, 11) is 0. The molecule has 7 nitrogen and oxygen atoms in total. The molecule has 0 unspecified atom stereocenters. The SMILES string of the molecule is CCn1nc(C(=O)NCCCn2nc(C)cc2C)c(=O)c2ccccc21. The van der Waals surface area contributed by atoms with Gasteiger partial charge in [0.05, 0.1) is 11.2 Å². The third kappa shape index (κ3) is 3.51. The average Bonchev–Trinajstić information content (AvgIpc) is 2.96. The van der Waals surface area contributed by atoms with E-state index in [1.807, 2.05) is 43.7 Å². The van der Waals surface area contributed by atoms with Crippen LogP contribution in [0.5, 0.6) is 0 Å². The van der Waals surface area contributed by atoms with Crippen LogP contribution in [0, 0.1) is 13.8 Å². The number of para-hydroxylation sites is 1. The van der Waals surface area contributed by atoms with Crippen LogP contribution in [-0.4, -0.2) is 32.0 Å². The molecule has 2 heterocycles. The second-order valence-electron chi connectivity index (χ2n) is 6.27. The topological polar surface area (TPSA) is 81.8 Å². The Balaban J connectivity index is 1.71. The number of carbonyl (C=O) groups excluding carboxylic acids is 1. The number of amides is 1. The van der Waals surface area contributed by atoms with E-state index in [1.54, 1.807) is 16.8 Å². The molecule has 136 valence electrons. The fourth-order valence-corrected chi connectivity index (χ4v) is 3.04. The van der Waals surface area contributed by atoms with Gasteiger partial charge < -0.3 is 5.32 Å². The predicted molar refractivity (Wildman–Crippen MR) is 100 cm³/mol. The van der Waals surface area contributed by atoms with E-state index in [-0.39, 0.29) is 11.1 Å². The number of hydrogen-bond donors (Lipinski definition) is 1. The van der Waals surface area contributed by atoms with Crippen molar-refractivity contribution < 1.29 is 4.79 Å². The van der Waals surface area contributed by atoms with Gasteiger partial charge in [-0.05, 0) is 45.4 Å². The molecule has 3 aromatic rings. The van der Waals surface area contributed by atoms with Crippen molar-refractivity contribution in [3.63, 3.8) is 0 Å². The molecular formula is C19H23N5O2. The van der Waals surface area contributed by atoms with Crippen molar-refractivity contribution in [3.8, 4) is 0 Å². The molecule has 0 saturated heterocycles. The molecule has 0 atom stereocenters. The average molecular weight is 353 g/mol. The van der Waals surface area contributed by atoms with E-state index < -0.39 is 5.91 Å². The van der Waals surface area contributed by atoms with Gasteiger partial charge in [0.1, 0.15) is 0 Å². The number of hydrogen-bond acceptors (Lipinski definition) is 4. The van der Waals surface area contributed by atoms with Gasteiger partial charge in [0, 0.05) is 30.7 Å². The fourth-order valence-electron chi connectivity index (χ4n) is 3.04. The van der Waals surface area contributed by atoms with Crippen molar-refractivity contribution in [2.75, 3.05) is 6.54 Å². The zero-order chi connectivity index (χ0) is 18.7. The smallest absolute Gasteiger partial charge is 0.275 e. The van der Waals surface area contributed by atoms with Gasteiger partial charge in [0.15, 0.2) is 5.69 Å². The summed E-state index contributed by atoms with van der Waals surface area (Å²) in [6, 6.07) is 9.23. The fraction of sp³-hybridized carbons (Fsp3) is 0.368. The van der Waals surface area contributed by atoms with Crippen LogP contribution < -0.4 is 10.7 Å². The maximum Gasteiger partial charge on any atom is 0.275 e. The number of carbonyl (C=O) groups is 1. The Morgan fingerprint density at radius 1 is 1.15 bits per heavy atom. The standard InChI is InChI=1S/C19H23N5O2/c1-4-23-16-9-6-5-8-15(16)18(25)17(22-23)19(26)20-10-7-11-24-14(3)12-13(2)21-24/h5-6,8-9,12H,4,7,10-11H2,1-3H3,(H,20,26). The summed E-state index contributed by atoms with van der Waals surface area (Å²) in [4.78, 5) is 25.0. The van der Waals surface area contributed by atoms with E-state index in [0.717, 1.165) is 23.3 Å². The summed E-state index contributed by atoms with van der Waals surface area (Å²) in [5.41, 5.74) is 2.42. The van der Waals surface area contributed by atoms with Gasteiger partial charge in [0.25, 0.3) is 5.91 Å². The number of nitrogens with zero attached hydrogens (tertiary/aromatic N) is 4. The van der Waals surface area contributed by atoms with Crippen molar-refractivity contribution in [3.05, 3.63) is 57.6 Å². The molecule has 0 radical (unpaired) electrons. The van der Waals surface area contributed by atoms with E-state index in [4.69, 9.17) is 0 Å². The summed E-state index contributed by atoms with van der Waals surface area (Å²) in [5, 5.41) is 11.9. The van der Waals surface area contributed by atoms with Crippen LogP contribution in [0.1, 0.15) is 35.2 Å². The quantitative estimate of drug-likeness (QED) is 0.688. The minimum absolute atomic E-state index is 0.0586. The van der Waals surface area contributed by atoms with Gasteiger partial charge in [-0.2, -0.15) is 10.2 Å². The highest BCUT2D eigenvalue weighted by atomic mass is 16.2. The molecule has 0 bridgehead atoms. The van der Waals surface area contributed by atoms with Gasteiger partial charge >= 0.3 is 0 Å². The minimum atomic E-state index is -0.434. The largest absolute Gasteiger partial charge is 0.350 e. The molecule has 0 aliphatic rings. The molecule has 0 saturated carbocycles. The number of rotatable bonds is 6. The summed E-state index contributed by atoms with van der Waals surface area (Å²) in [6.45, 7) is 7.64. The lowest BCUT2D eigenvalue weighted by atomic mass is 10.2. The summed E-state index contributed by atoms with van der Waals surface area (Å²) in [5.74, 6) is -0.434. The van der Waals surface area contributed by atoms with Crippen molar-refractivity contribution in [1.29, 1.82) is 0 Å². The number of benzene rings is 1. The maximum atomic E-state index is 12.6. The number of fused-ring (bicyclic) bond motifs is 1. The molecule has 3 rings (SSSR count). The molecule has 1 amide bonds. The van der Waals surface area contributed by atoms with Crippen LogP contribution in [0.2, 0.25) is 0 Å². The van der Waals surface area contributed by atoms with Gasteiger partial charge in [-0.3, -0.25) is 19.0 Å². The summed E-state index contributed by atoms with van der Waals surface area (Å²) in [6.07, 6.45) is 0.725. The molecule has 0 aliphatic heterocycles. The van der Waals surface area contributed by atoms with E-state index in [1.165, 1.54) is 0 Å². The molecule has 7 heteroatoms. The lowest BCUT2D eigenvalue weighted by Gasteiger charge is -2.10. The first kappa shape index (κ1) is 17.8. The molecule has 1 N–H and O–H groups in total. The molecule has 26 heavy (non-hydrogen) atoms. The van der Waals surface area contributed by atoms with Gasteiger partial charge in [0.2, 0.25) is 5.43 Å². The maximum absolute atomic E-state index is 12.6. The van der Waals surface area contributed by atoms with Crippen LogP contribution in [0.25, 0.3) is 10.9 Å². The molecule has 0 spiro atoms. The second-order valence-corrected chi connectivity index (χ2v) is 6.27. The second kappa shape index (κ2) is 7.51. The van der Waals surface area contributed by atoms with Crippen LogP contribution in [0.3, 0.4) is 0 Å². The first-order chi connectivity index (χ1) is 12.5. The highest BCUT2D eigenvalue weighted by molar-refractivity contribution is 5.95. The number of aryl methyl sites for hydroxylation is 4. The van der Waals surface area contributed by atoms with Crippen LogP contribution >= 0.6 is 0 Å². The summed E-state index contributed by atoms with van der Waals surface area (Å²) < 4.78 is 3.60. The van der Waals surface area contributed by atoms with Crippen LogP contribution in [0.15, 0.2) is 35.1 Å². The predicted octanol–water partition coefficient (Wildman–Crippen LogP) is 2.05. The Hall–Kier alpha value is -2.96. The van der Waals surface area contributed by atoms with E-state index in [0.29, 0.717) is 25.0 Å². The van der Waals surface area contributed by atoms with E-state index >= 15 is 0 Å². The highest BCUT2D eigenvalue weighted by Crippen LogP contribution is 2.09. The zero-order valence-corrected chi connectivity index (χ0v) is 15.3. The monoisotopic (exact) mass is 353 g/mol. The Bertz CT molecular complexity index is 1000. The lowest BCUT2D eigenvalue weighted by Crippen LogP contribution is -2.33. The third-order valence-electron chi connectivity index (χ3n) is 4.31. The van der Waals surface area contributed by atoms with Gasteiger partial charge in [-0.15, -0.1) is 0 Å². The van der Waals surface area contributed by atoms with Crippen molar-refractivity contribution >= 4 is 16.8 Å². The number of nitrogens with one attached hydrogen (secondary N) is 1. The number of aromatic nitrogens is 4. The Morgan fingerprint density at radius 2 is 1.92 bits per heavy atom. The van der Waals surface area contributed by atoms with Gasteiger partial charge in [-0.25, -0.2) is 0 Å². The van der Waals surface area contributed by atoms with Gasteiger partial charge in [-0.1, -0.05) is 12.1 Å². The molecule has 1 aromatic carbocycles. The van der Waals surface area contributed by atoms with Crippen molar-refractivity contribution in [1.82, 2.24) is 24.9 Å². The first-order valence-electron chi connectivity index (χ1n) is 8.80. The third-order valence-corrected chi connectivity index (χ3v) is 4.31. The molecule has 2 aromatic heterocycles. The zero-order valence-electron chi connectivity index (χ0n) is 15.3. The van der Waals surface area contributed by atoms with Crippen LogP contribution in [-0.2, 0) is 13.1 Å². The van der Waals surface area contributed by atoms with Crippen molar-refractivity contribution in [2.45, 2.75) is 40.3 Å². The van der Waals surface area contributed by atoms with Crippen LogP contribution in [0.4, 0.5) is 0 Å². The Morgan fingerprint density at radius 3 is 2.62 bits per heavy atom. The van der Waals surface area contributed by atoms with E-state index in [9.17, 15) is 9.59 Å².